The Morgan fingerprint density at radius 2 is 2.00 bits per heavy atom. The molecule has 1 amide bonds. The molecule has 0 saturated carbocycles. The number of imidazole rings is 1. The zero-order valence-corrected chi connectivity index (χ0v) is 29.1. The lowest BCUT2D eigenvalue weighted by atomic mass is 10.0. The zero-order valence-electron chi connectivity index (χ0n) is 28.4. The quantitative estimate of drug-likeness (QED) is 0.151. The van der Waals surface area contributed by atoms with Crippen LogP contribution in [-0.2, 0) is 24.4 Å². The van der Waals surface area contributed by atoms with E-state index in [0.29, 0.717) is 40.8 Å². The number of pyridine rings is 1. The van der Waals surface area contributed by atoms with E-state index in [1.54, 1.807) is 18.2 Å². The van der Waals surface area contributed by atoms with Crippen LogP contribution in [0, 0.1) is 19.7 Å². The number of halogens is 2. The molecular weight excluding hydrogens is 669 g/mol. The van der Waals surface area contributed by atoms with Gasteiger partial charge < -0.3 is 19.4 Å². The number of nitrogens with one attached hydrogen (secondary N) is 2. The minimum absolute atomic E-state index is 0.0642. The summed E-state index contributed by atoms with van der Waals surface area (Å²) in [4.78, 5) is 25.5. The van der Waals surface area contributed by atoms with Gasteiger partial charge in [-0.1, -0.05) is 29.8 Å². The molecule has 260 valence electrons. The van der Waals surface area contributed by atoms with Crippen molar-refractivity contribution in [2.24, 2.45) is 0 Å². The first-order chi connectivity index (χ1) is 24.8. The molecule has 6 aromatic rings. The molecule has 12 heteroatoms. The highest BCUT2D eigenvalue weighted by Crippen LogP contribution is 2.28. The van der Waals surface area contributed by atoms with Crippen molar-refractivity contribution in [2.75, 3.05) is 25.0 Å². The number of benzene rings is 3. The van der Waals surface area contributed by atoms with Gasteiger partial charge >= 0.3 is 0 Å². The number of ether oxygens (including phenoxy) is 2. The van der Waals surface area contributed by atoms with Crippen LogP contribution in [0.5, 0.6) is 5.88 Å². The number of anilines is 1. The molecule has 51 heavy (non-hydrogen) atoms. The number of hydrogen-bond acceptors (Lipinski definition) is 7. The Morgan fingerprint density at radius 1 is 1.12 bits per heavy atom. The van der Waals surface area contributed by atoms with Crippen molar-refractivity contribution in [3.63, 3.8) is 0 Å². The molecule has 8 rings (SSSR count). The molecule has 1 unspecified atom stereocenters. The number of aryl methyl sites for hydroxylation is 2. The highest BCUT2D eigenvalue weighted by Gasteiger charge is 2.24. The molecule has 3 aromatic heterocycles. The van der Waals surface area contributed by atoms with E-state index in [1.165, 1.54) is 6.07 Å². The fourth-order valence-electron chi connectivity index (χ4n) is 6.71. The van der Waals surface area contributed by atoms with Crippen LogP contribution in [0.3, 0.4) is 0 Å². The number of aromatic nitrogens is 5. The molecule has 0 spiro atoms. The number of fused-ring (bicyclic) bond motifs is 2. The van der Waals surface area contributed by atoms with Gasteiger partial charge in [0.2, 0.25) is 5.88 Å². The zero-order chi connectivity index (χ0) is 35.1. The summed E-state index contributed by atoms with van der Waals surface area (Å²) in [5, 5.41) is 11.8. The molecular formula is C39H37ClFN7O3. The summed E-state index contributed by atoms with van der Waals surface area (Å²) in [7, 11) is 0. The van der Waals surface area contributed by atoms with Crippen LogP contribution >= 0.6 is 11.6 Å². The van der Waals surface area contributed by atoms with Gasteiger partial charge in [0, 0.05) is 58.7 Å². The maximum Gasteiger partial charge on any atom is 0.255 e. The van der Waals surface area contributed by atoms with E-state index >= 15 is 0 Å². The van der Waals surface area contributed by atoms with E-state index in [4.69, 9.17) is 31.0 Å². The summed E-state index contributed by atoms with van der Waals surface area (Å²) in [5.41, 5.74) is 8.29. The smallest absolute Gasteiger partial charge is 0.255 e. The van der Waals surface area contributed by atoms with Gasteiger partial charge in [0.1, 0.15) is 18.2 Å². The Morgan fingerprint density at radius 3 is 2.78 bits per heavy atom. The highest BCUT2D eigenvalue weighted by molar-refractivity contribution is 6.30. The number of nitrogens with zero attached hydrogens (tertiary/aromatic N) is 5. The number of carbonyl (C=O) groups excluding carboxylic acids is 1. The monoisotopic (exact) mass is 705 g/mol. The van der Waals surface area contributed by atoms with Crippen molar-refractivity contribution in [3.8, 4) is 5.88 Å². The molecule has 0 bridgehead atoms. The first-order valence-corrected chi connectivity index (χ1v) is 17.5. The lowest BCUT2D eigenvalue weighted by Gasteiger charge is -2.29. The normalized spacial score (nSPS) is 16.3. The standard InChI is InChI=1S/C39H37ClFN7O3/c1-23-16-27(17-31-24(2)45-46-38(23)31)39(49)42-29-8-9-34-35(19-29)48(20-30-12-15-50-30)36(43-34)21-47-13-10-25(11-14-47)33-4-3-5-37(44-33)51-22-26-6-7-28(40)18-32(26)41/h3-10,16-19,30H,11-15,20-22H2,1-2H3,(H,42,49)(H,45,46). The van der Waals surface area contributed by atoms with Crippen molar-refractivity contribution in [1.29, 1.82) is 0 Å². The SMILES string of the molecule is Cc1[nH]nc2c(C)cc(C(=O)Nc3ccc4nc(CN5CC=C(c6cccc(OCc7ccc(Cl)cc7F)n6)CC5)n(CC5CCO5)c4c3)cc12. The molecule has 0 aliphatic carbocycles. The molecule has 1 fully saturated rings. The molecule has 2 aliphatic rings. The topological polar surface area (TPSA) is 110 Å². The Hall–Kier alpha value is -5.10. The number of carbonyl (C=O) groups is 1. The third kappa shape index (κ3) is 6.97. The fraction of sp³-hybridized carbons (Fsp3) is 0.282. The first-order valence-electron chi connectivity index (χ1n) is 17.1. The van der Waals surface area contributed by atoms with E-state index < -0.39 is 5.82 Å². The average Bonchev–Trinajstić information content (AvgIpc) is 3.65. The van der Waals surface area contributed by atoms with Crippen LogP contribution in [0.25, 0.3) is 27.5 Å². The molecule has 2 aliphatic heterocycles. The highest BCUT2D eigenvalue weighted by atomic mass is 35.5. The predicted octanol–water partition coefficient (Wildman–Crippen LogP) is 7.63. The van der Waals surface area contributed by atoms with Gasteiger partial charge in [-0.15, -0.1) is 0 Å². The Labute approximate surface area is 299 Å². The van der Waals surface area contributed by atoms with E-state index in [-0.39, 0.29) is 18.6 Å². The van der Waals surface area contributed by atoms with E-state index in [9.17, 15) is 9.18 Å². The third-order valence-corrected chi connectivity index (χ3v) is 9.90. The number of rotatable bonds is 10. The van der Waals surface area contributed by atoms with Gasteiger partial charge in [-0.25, -0.2) is 14.4 Å². The Balaban J connectivity index is 0.972. The fourth-order valence-corrected chi connectivity index (χ4v) is 6.87. The maximum absolute atomic E-state index is 14.2. The van der Waals surface area contributed by atoms with Gasteiger partial charge in [-0.05, 0) is 86.4 Å². The van der Waals surface area contributed by atoms with Crippen LogP contribution in [0.15, 0.2) is 72.8 Å². The van der Waals surface area contributed by atoms with Gasteiger partial charge in [-0.2, -0.15) is 5.10 Å². The van der Waals surface area contributed by atoms with Crippen LogP contribution < -0.4 is 10.1 Å². The molecule has 1 atom stereocenters. The Kier molecular flexibility index (Phi) is 9.01. The number of amides is 1. The van der Waals surface area contributed by atoms with Crippen molar-refractivity contribution < 1.29 is 18.7 Å². The van der Waals surface area contributed by atoms with Gasteiger partial charge in [-0.3, -0.25) is 14.8 Å². The van der Waals surface area contributed by atoms with E-state index in [1.807, 2.05) is 56.3 Å². The minimum atomic E-state index is -0.403. The van der Waals surface area contributed by atoms with Crippen LogP contribution in [0.1, 0.15) is 51.5 Å². The summed E-state index contributed by atoms with van der Waals surface area (Å²) < 4.78 is 28.1. The third-order valence-electron chi connectivity index (χ3n) is 9.67. The molecule has 1 saturated heterocycles. The molecule has 2 N–H and O–H groups in total. The lowest BCUT2D eigenvalue weighted by molar-refractivity contribution is -0.0591. The van der Waals surface area contributed by atoms with Gasteiger partial charge in [0.15, 0.2) is 0 Å². The number of H-pyrrole nitrogens is 1. The minimum Gasteiger partial charge on any atom is -0.473 e. The maximum atomic E-state index is 14.2. The summed E-state index contributed by atoms with van der Waals surface area (Å²) in [6, 6.07) is 19.8. The molecule has 3 aromatic carbocycles. The van der Waals surface area contributed by atoms with Crippen molar-refractivity contribution >= 4 is 50.7 Å². The van der Waals surface area contributed by atoms with E-state index in [2.05, 4.69) is 31.1 Å². The average molecular weight is 706 g/mol. The second-order valence-electron chi connectivity index (χ2n) is 13.2. The van der Waals surface area contributed by atoms with Crippen molar-refractivity contribution in [1.82, 2.24) is 29.6 Å². The van der Waals surface area contributed by atoms with Crippen LogP contribution in [-0.4, -0.2) is 61.3 Å². The molecule has 10 nitrogen and oxygen atoms in total. The summed E-state index contributed by atoms with van der Waals surface area (Å²) in [6.45, 7) is 7.69. The molecule has 0 radical (unpaired) electrons. The van der Waals surface area contributed by atoms with Crippen molar-refractivity contribution in [3.05, 3.63) is 118 Å². The lowest BCUT2D eigenvalue weighted by Crippen LogP contribution is -2.33. The number of aromatic amines is 1. The summed E-state index contributed by atoms with van der Waals surface area (Å²) in [6.07, 6.45) is 4.16. The van der Waals surface area contributed by atoms with Crippen LogP contribution in [0.4, 0.5) is 10.1 Å². The van der Waals surface area contributed by atoms with Crippen molar-refractivity contribution in [2.45, 2.75) is 52.5 Å². The summed E-state index contributed by atoms with van der Waals surface area (Å²) >= 11 is 5.88. The second kappa shape index (κ2) is 13.9. The first kappa shape index (κ1) is 33.1. The largest absolute Gasteiger partial charge is 0.473 e. The predicted molar refractivity (Wildman–Crippen MR) is 195 cm³/mol. The van der Waals surface area contributed by atoms with Crippen LogP contribution in [0.2, 0.25) is 5.02 Å². The van der Waals surface area contributed by atoms with Gasteiger partial charge in [0.05, 0.1) is 41.4 Å². The second-order valence-corrected chi connectivity index (χ2v) is 13.7. The van der Waals surface area contributed by atoms with E-state index in [0.717, 1.165) is 82.8 Å². The molecule has 5 heterocycles. The van der Waals surface area contributed by atoms with Gasteiger partial charge in [0.25, 0.3) is 5.91 Å². The Bertz CT molecular complexity index is 2310. The number of hydrogen-bond donors (Lipinski definition) is 2. The summed E-state index contributed by atoms with van der Waals surface area (Å²) in [5.74, 6) is 0.822.